The Labute approximate surface area is 276 Å². The third-order valence-electron chi connectivity index (χ3n) is 10.1. The fourth-order valence-corrected chi connectivity index (χ4v) is 9.41. The fraction of sp³-hybridized carbons (Fsp3) is 0.562. The zero-order valence-electron chi connectivity index (χ0n) is 26.5. The second kappa shape index (κ2) is 11.8. The van der Waals surface area contributed by atoms with Crippen molar-refractivity contribution in [3.8, 4) is 17.9 Å². The van der Waals surface area contributed by atoms with E-state index in [-0.39, 0.29) is 37.7 Å². The molecular formula is C32H37F4N7O4S. The number of piperidine rings is 1. The van der Waals surface area contributed by atoms with Crippen LogP contribution >= 0.6 is 0 Å². The molecule has 1 spiro atoms. The third-order valence-corrected chi connectivity index (χ3v) is 11.3. The number of hydrogen-bond donors (Lipinski definition) is 3. The van der Waals surface area contributed by atoms with Crippen LogP contribution in [0.5, 0.6) is 6.01 Å². The number of alkyl halides is 3. The maximum Gasteiger partial charge on any atom is 0.418 e. The summed E-state index contributed by atoms with van der Waals surface area (Å²) in [5.74, 6) is 4.09. The minimum Gasteiger partial charge on any atom is -0.461 e. The molecule has 258 valence electrons. The largest absolute Gasteiger partial charge is 0.461 e. The van der Waals surface area contributed by atoms with Gasteiger partial charge in [-0.3, -0.25) is 4.90 Å². The predicted molar refractivity (Wildman–Crippen MR) is 169 cm³/mol. The Kier molecular flexibility index (Phi) is 8.14. The van der Waals surface area contributed by atoms with Crippen LogP contribution in [-0.2, 0) is 34.2 Å². The highest BCUT2D eigenvalue weighted by Gasteiger charge is 2.48. The van der Waals surface area contributed by atoms with Crippen LogP contribution in [0.4, 0.5) is 29.1 Å². The fourth-order valence-electron chi connectivity index (χ4n) is 8.06. The zero-order valence-corrected chi connectivity index (χ0v) is 27.3. The molecule has 11 nitrogen and oxygen atoms in total. The Balaban J connectivity index is 1.28. The molecule has 16 heteroatoms. The van der Waals surface area contributed by atoms with Crippen molar-refractivity contribution in [1.82, 2.24) is 24.3 Å². The highest BCUT2D eigenvalue weighted by Crippen LogP contribution is 2.45. The van der Waals surface area contributed by atoms with Crippen LogP contribution in [0, 0.1) is 17.7 Å². The Bertz CT molecular complexity index is 1850. The number of aromatic nitrogens is 2. The number of nitrogens with zero attached hydrogens (tertiary/aromatic N) is 4. The van der Waals surface area contributed by atoms with Gasteiger partial charge in [0.15, 0.2) is 5.82 Å². The van der Waals surface area contributed by atoms with Gasteiger partial charge >= 0.3 is 12.2 Å². The standard InChI is InChI=1S/C32H37F4N7O4S/c1-3-6-20-11-22(37)27(33)25(26(20)32(34,35)36)24-12-23-21(15-46-24)28(42-9-4-7-30(17-42)16-38-48(44,45)41-30)40-29(39-23)47-18-31-8-5-10-43(31)14-19(2)13-31/h11,24,38,41H,2,4-5,7-10,12-18,37H2,1H3/t24-,30+,31+/m1/s1. The Hall–Kier alpha value is -3.49. The molecule has 0 radical (unpaired) electrons. The van der Waals surface area contributed by atoms with Gasteiger partial charge in [0.25, 0.3) is 10.2 Å². The second-order valence-electron chi connectivity index (χ2n) is 13.4. The van der Waals surface area contributed by atoms with Crippen molar-refractivity contribution >= 4 is 21.7 Å². The average Bonchev–Trinajstić information content (AvgIpc) is 3.65. The van der Waals surface area contributed by atoms with E-state index in [0.717, 1.165) is 44.0 Å². The van der Waals surface area contributed by atoms with E-state index in [4.69, 9.17) is 20.2 Å². The molecule has 2 aromatic rings. The van der Waals surface area contributed by atoms with Crippen LogP contribution in [0.3, 0.4) is 0 Å². The third kappa shape index (κ3) is 5.89. The van der Waals surface area contributed by atoms with Crippen molar-refractivity contribution < 1.29 is 35.5 Å². The first-order valence-corrected chi connectivity index (χ1v) is 17.4. The van der Waals surface area contributed by atoms with Crippen molar-refractivity contribution in [2.24, 2.45) is 0 Å². The van der Waals surface area contributed by atoms with Crippen LogP contribution in [0.2, 0.25) is 0 Å². The van der Waals surface area contributed by atoms with Crippen molar-refractivity contribution in [3.05, 3.63) is 52.0 Å². The first-order valence-electron chi connectivity index (χ1n) is 15.9. The number of hydrogen-bond acceptors (Lipinski definition) is 9. The molecule has 1 aromatic carbocycles. The lowest BCUT2D eigenvalue weighted by molar-refractivity contribution is -0.140. The molecule has 4 fully saturated rings. The van der Waals surface area contributed by atoms with E-state index in [0.29, 0.717) is 43.1 Å². The maximum atomic E-state index is 15.6. The number of anilines is 2. The molecular weight excluding hydrogens is 654 g/mol. The average molecular weight is 692 g/mol. The number of fused-ring (bicyclic) bond motifs is 2. The number of nitrogens with two attached hydrogens (primary N) is 1. The van der Waals surface area contributed by atoms with Crippen molar-refractivity contribution in [2.75, 3.05) is 50.0 Å². The Morgan fingerprint density at radius 2 is 2.04 bits per heavy atom. The summed E-state index contributed by atoms with van der Waals surface area (Å²) < 4.78 is 101. The minimum atomic E-state index is -4.94. The summed E-state index contributed by atoms with van der Waals surface area (Å²) in [6.45, 7) is 8.36. The van der Waals surface area contributed by atoms with E-state index in [2.05, 4.69) is 37.7 Å². The lowest BCUT2D eigenvalue weighted by Crippen LogP contribution is -2.56. The quantitative estimate of drug-likeness (QED) is 0.187. The molecule has 4 N–H and O–H groups in total. The molecule has 5 aliphatic rings. The van der Waals surface area contributed by atoms with Crippen molar-refractivity contribution in [3.63, 3.8) is 0 Å². The van der Waals surface area contributed by atoms with E-state index in [1.165, 1.54) is 6.92 Å². The van der Waals surface area contributed by atoms with Gasteiger partial charge in [-0.2, -0.15) is 36.3 Å². The summed E-state index contributed by atoms with van der Waals surface area (Å²) in [7, 11) is -3.65. The highest BCUT2D eigenvalue weighted by molar-refractivity contribution is 7.87. The molecule has 7 rings (SSSR count). The van der Waals surface area contributed by atoms with Gasteiger partial charge in [-0.15, -0.1) is 5.92 Å². The smallest absolute Gasteiger partial charge is 0.418 e. The van der Waals surface area contributed by atoms with E-state index in [1.54, 1.807) is 0 Å². The Morgan fingerprint density at radius 3 is 2.77 bits per heavy atom. The summed E-state index contributed by atoms with van der Waals surface area (Å²) in [4.78, 5) is 13.8. The number of ether oxygens (including phenoxy) is 2. The van der Waals surface area contributed by atoms with Gasteiger partial charge in [-0.05, 0) is 51.6 Å². The predicted octanol–water partition coefficient (Wildman–Crippen LogP) is 3.35. The first-order chi connectivity index (χ1) is 22.7. The van der Waals surface area contributed by atoms with Crippen LogP contribution in [-0.4, -0.2) is 73.7 Å². The van der Waals surface area contributed by atoms with Gasteiger partial charge in [0.2, 0.25) is 0 Å². The van der Waals surface area contributed by atoms with Gasteiger partial charge in [0.1, 0.15) is 12.4 Å². The summed E-state index contributed by atoms with van der Waals surface area (Å²) in [5, 5.41) is 0. The minimum absolute atomic E-state index is 0.0366. The van der Waals surface area contributed by atoms with Crippen LogP contribution in [0.25, 0.3) is 0 Å². The molecule has 0 aliphatic carbocycles. The van der Waals surface area contributed by atoms with E-state index < -0.39 is 56.2 Å². The number of nitrogens with one attached hydrogen (secondary N) is 2. The van der Waals surface area contributed by atoms with Gasteiger partial charge in [0, 0.05) is 49.3 Å². The summed E-state index contributed by atoms with van der Waals surface area (Å²) in [6.07, 6.45) is -2.58. The monoisotopic (exact) mass is 691 g/mol. The molecule has 48 heavy (non-hydrogen) atoms. The molecule has 0 amide bonds. The number of nitrogen functional groups attached to an aromatic ring is 1. The molecule has 1 aromatic heterocycles. The van der Waals surface area contributed by atoms with E-state index in [1.807, 2.05) is 4.90 Å². The van der Waals surface area contributed by atoms with E-state index in [9.17, 15) is 21.6 Å². The Morgan fingerprint density at radius 1 is 1.25 bits per heavy atom. The summed E-state index contributed by atoms with van der Waals surface area (Å²) in [5.41, 5.74) is 3.97. The van der Waals surface area contributed by atoms with Crippen LogP contribution < -0.4 is 24.8 Å². The normalized spacial score (nSPS) is 28.3. The number of benzene rings is 1. The molecule has 3 atom stereocenters. The van der Waals surface area contributed by atoms with Gasteiger partial charge < -0.3 is 20.1 Å². The van der Waals surface area contributed by atoms with E-state index >= 15 is 4.39 Å². The molecule has 0 unspecified atom stereocenters. The lowest BCUT2D eigenvalue weighted by atomic mass is 9.89. The zero-order chi connectivity index (χ0) is 34.1. The molecule has 0 bridgehead atoms. The van der Waals surface area contributed by atoms with Crippen LogP contribution in [0.1, 0.15) is 73.1 Å². The molecule has 5 aliphatic heterocycles. The van der Waals surface area contributed by atoms with Crippen molar-refractivity contribution in [1.29, 1.82) is 0 Å². The number of rotatable bonds is 5. The maximum absolute atomic E-state index is 15.6. The van der Waals surface area contributed by atoms with Gasteiger partial charge in [-0.25, -0.2) is 9.11 Å². The molecule has 0 saturated carbocycles. The topological polar surface area (TPSA) is 135 Å². The van der Waals surface area contributed by atoms with Gasteiger partial charge in [0.05, 0.1) is 40.7 Å². The highest BCUT2D eigenvalue weighted by atomic mass is 32.2. The number of halogens is 4. The molecule has 4 saturated heterocycles. The summed E-state index contributed by atoms with van der Waals surface area (Å²) >= 11 is 0. The van der Waals surface area contributed by atoms with Gasteiger partial charge in [-0.1, -0.05) is 18.1 Å². The first kappa shape index (κ1) is 33.0. The second-order valence-corrected chi connectivity index (χ2v) is 14.9. The summed E-state index contributed by atoms with van der Waals surface area (Å²) in [6, 6.07) is 0.928. The SMILES string of the molecule is C=C1CN2CCC[C@@]2(COc2nc3c(c(N4CCC[C@]5(CNS(=O)(=O)N5)C4)n2)CO[C@@H](c2c(F)c(N)cc(C#CC)c2C(F)(F)F)C3)C1. The molecule has 6 heterocycles. The van der Waals surface area contributed by atoms with Crippen molar-refractivity contribution in [2.45, 2.75) is 75.4 Å². The van der Waals surface area contributed by atoms with Crippen LogP contribution in [0.15, 0.2) is 18.2 Å². The lowest BCUT2D eigenvalue weighted by Gasteiger charge is -2.41.